The lowest BCUT2D eigenvalue weighted by atomic mass is 10.1. The van der Waals surface area contributed by atoms with E-state index in [0.717, 1.165) is 9.75 Å². The average Bonchev–Trinajstić information content (AvgIpc) is 3.10. The van der Waals surface area contributed by atoms with E-state index in [1.54, 1.807) is 29.5 Å². The van der Waals surface area contributed by atoms with Crippen LogP contribution in [0.5, 0.6) is 0 Å². The van der Waals surface area contributed by atoms with Gasteiger partial charge in [-0.25, -0.2) is 4.39 Å². The fraction of sp³-hybridized carbons (Fsp3) is 0.286. The van der Waals surface area contributed by atoms with Crippen molar-refractivity contribution in [2.24, 2.45) is 11.7 Å². The Labute approximate surface area is 114 Å². The van der Waals surface area contributed by atoms with Crippen LogP contribution >= 0.6 is 22.9 Å². The third kappa shape index (κ3) is 2.18. The summed E-state index contributed by atoms with van der Waals surface area (Å²) in [6, 6.07) is 9.11. The van der Waals surface area contributed by atoms with Gasteiger partial charge in [0.15, 0.2) is 0 Å². The first kappa shape index (κ1) is 12.2. The highest BCUT2D eigenvalue weighted by atomic mass is 35.5. The highest BCUT2D eigenvalue weighted by Crippen LogP contribution is 2.43. The Hall–Kier alpha value is -0.900. The van der Waals surface area contributed by atoms with E-state index in [2.05, 4.69) is 0 Å². The second-order valence-electron chi connectivity index (χ2n) is 4.67. The van der Waals surface area contributed by atoms with Crippen molar-refractivity contribution in [1.82, 2.24) is 0 Å². The van der Waals surface area contributed by atoms with Crippen LogP contribution < -0.4 is 5.73 Å². The summed E-state index contributed by atoms with van der Waals surface area (Å²) >= 11 is 7.36. The van der Waals surface area contributed by atoms with Crippen molar-refractivity contribution >= 4 is 22.9 Å². The molecule has 1 fully saturated rings. The van der Waals surface area contributed by atoms with Crippen LogP contribution in [0, 0.1) is 11.7 Å². The summed E-state index contributed by atoms with van der Waals surface area (Å²) < 4.78 is 13.9. The molecule has 1 aromatic heterocycles. The topological polar surface area (TPSA) is 26.0 Å². The Kier molecular flexibility index (Phi) is 3.14. The van der Waals surface area contributed by atoms with Gasteiger partial charge in [-0.3, -0.25) is 0 Å². The number of benzene rings is 1. The average molecular weight is 282 g/mol. The Morgan fingerprint density at radius 1 is 1.28 bits per heavy atom. The molecule has 1 aromatic carbocycles. The number of halogens is 2. The second kappa shape index (κ2) is 4.65. The third-order valence-corrected chi connectivity index (χ3v) is 4.81. The number of hydrogen-bond acceptors (Lipinski definition) is 2. The third-order valence-electron chi connectivity index (χ3n) is 3.30. The van der Waals surface area contributed by atoms with Crippen molar-refractivity contribution in [3.05, 3.63) is 46.0 Å². The molecule has 1 nitrogen and oxygen atoms in total. The van der Waals surface area contributed by atoms with Gasteiger partial charge in [-0.2, -0.15) is 0 Å². The van der Waals surface area contributed by atoms with E-state index in [-0.39, 0.29) is 16.9 Å². The molecule has 1 saturated carbocycles. The molecule has 4 heteroatoms. The predicted octanol–water partition coefficient (Wildman–Crippen LogP) is 4.62. The van der Waals surface area contributed by atoms with Crippen molar-refractivity contribution in [3.8, 4) is 10.4 Å². The summed E-state index contributed by atoms with van der Waals surface area (Å²) in [5.41, 5.74) is 6.71. The minimum Gasteiger partial charge on any atom is -0.323 e. The van der Waals surface area contributed by atoms with E-state index in [1.807, 2.05) is 12.1 Å². The molecule has 2 N–H and O–H groups in total. The van der Waals surface area contributed by atoms with E-state index in [0.29, 0.717) is 11.5 Å². The van der Waals surface area contributed by atoms with Gasteiger partial charge in [-0.1, -0.05) is 23.7 Å². The lowest BCUT2D eigenvalue weighted by Gasteiger charge is -2.06. The molecule has 1 aliphatic rings. The fourth-order valence-corrected chi connectivity index (χ4v) is 3.36. The summed E-state index contributed by atoms with van der Waals surface area (Å²) in [7, 11) is 0. The van der Waals surface area contributed by atoms with Gasteiger partial charge in [0.05, 0.1) is 5.02 Å². The number of hydrogen-bond donors (Lipinski definition) is 1. The first-order chi connectivity index (χ1) is 8.66. The maximum atomic E-state index is 13.9. The predicted molar refractivity (Wildman–Crippen MR) is 74.4 cm³/mol. The summed E-state index contributed by atoms with van der Waals surface area (Å²) in [5.74, 6) is 0.258. The lowest BCUT2D eigenvalue weighted by molar-refractivity contribution is 0.632. The number of rotatable bonds is 3. The van der Waals surface area contributed by atoms with Crippen molar-refractivity contribution in [3.63, 3.8) is 0 Å². The number of nitrogens with two attached hydrogens (primary N) is 1. The highest BCUT2D eigenvalue weighted by molar-refractivity contribution is 7.15. The molecule has 18 heavy (non-hydrogen) atoms. The zero-order valence-corrected chi connectivity index (χ0v) is 11.3. The Bertz CT molecular complexity index is 577. The molecule has 0 amide bonds. The molecule has 0 aliphatic heterocycles. The maximum absolute atomic E-state index is 13.9. The molecule has 0 radical (unpaired) electrons. The van der Waals surface area contributed by atoms with Crippen LogP contribution in [0.25, 0.3) is 10.4 Å². The highest BCUT2D eigenvalue weighted by Gasteiger charge is 2.30. The van der Waals surface area contributed by atoms with Crippen LogP contribution in [0.1, 0.15) is 23.8 Å². The first-order valence-electron chi connectivity index (χ1n) is 5.96. The molecule has 1 aliphatic carbocycles. The van der Waals surface area contributed by atoms with Gasteiger partial charge in [-0.05, 0) is 37.0 Å². The van der Waals surface area contributed by atoms with Crippen LogP contribution in [-0.4, -0.2) is 0 Å². The molecular weight excluding hydrogens is 269 g/mol. The second-order valence-corrected chi connectivity index (χ2v) is 6.19. The Morgan fingerprint density at radius 2 is 2.06 bits per heavy atom. The molecule has 3 rings (SSSR count). The SMILES string of the molecule is NC(c1ccc(-c2cccc(Cl)c2F)s1)C1CC1. The summed E-state index contributed by atoms with van der Waals surface area (Å²) in [4.78, 5) is 2.02. The Balaban J connectivity index is 1.94. The van der Waals surface area contributed by atoms with Gasteiger partial charge < -0.3 is 5.73 Å². The van der Waals surface area contributed by atoms with E-state index < -0.39 is 0 Å². The summed E-state index contributed by atoms with van der Waals surface area (Å²) in [6.07, 6.45) is 2.42. The van der Waals surface area contributed by atoms with Crippen molar-refractivity contribution in [2.75, 3.05) is 0 Å². The van der Waals surface area contributed by atoms with Gasteiger partial charge in [0.2, 0.25) is 0 Å². The van der Waals surface area contributed by atoms with Crippen LogP contribution in [0.3, 0.4) is 0 Å². The molecule has 1 unspecified atom stereocenters. The van der Waals surface area contributed by atoms with Gasteiger partial charge in [0.1, 0.15) is 5.82 Å². The molecule has 2 aromatic rings. The van der Waals surface area contributed by atoms with E-state index in [1.165, 1.54) is 12.8 Å². The zero-order valence-electron chi connectivity index (χ0n) is 9.70. The van der Waals surface area contributed by atoms with Gasteiger partial charge in [0, 0.05) is 21.4 Å². The number of thiophene rings is 1. The van der Waals surface area contributed by atoms with E-state index in [9.17, 15) is 4.39 Å². The normalized spacial score (nSPS) is 16.8. The monoisotopic (exact) mass is 281 g/mol. The standard InChI is InChI=1S/C14H13ClFNS/c15-10-3-1-2-9(13(10)16)11-6-7-12(18-11)14(17)8-4-5-8/h1-3,6-8,14H,4-5,17H2. The minimum absolute atomic E-state index is 0.103. The van der Waals surface area contributed by atoms with E-state index in [4.69, 9.17) is 17.3 Å². The molecule has 0 spiro atoms. The van der Waals surface area contributed by atoms with Gasteiger partial charge in [-0.15, -0.1) is 11.3 Å². The largest absolute Gasteiger partial charge is 0.323 e. The molecule has 0 saturated heterocycles. The Morgan fingerprint density at radius 3 is 2.78 bits per heavy atom. The lowest BCUT2D eigenvalue weighted by Crippen LogP contribution is -2.10. The van der Waals surface area contributed by atoms with Gasteiger partial charge in [0.25, 0.3) is 0 Å². The van der Waals surface area contributed by atoms with Crippen molar-refractivity contribution in [2.45, 2.75) is 18.9 Å². The van der Waals surface area contributed by atoms with Crippen LogP contribution in [-0.2, 0) is 0 Å². The summed E-state index contributed by atoms with van der Waals surface area (Å²) in [6.45, 7) is 0. The quantitative estimate of drug-likeness (QED) is 0.873. The van der Waals surface area contributed by atoms with Gasteiger partial charge >= 0.3 is 0 Å². The first-order valence-corrected chi connectivity index (χ1v) is 7.16. The van der Waals surface area contributed by atoms with Crippen molar-refractivity contribution < 1.29 is 4.39 Å². The zero-order chi connectivity index (χ0) is 12.7. The molecular formula is C14H13ClFNS. The van der Waals surface area contributed by atoms with Crippen molar-refractivity contribution in [1.29, 1.82) is 0 Å². The van der Waals surface area contributed by atoms with Crippen LogP contribution in [0.2, 0.25) is 5.02 Å². The van der Waals surface area contributed by atoms with E-state index >= 15 is 0 Å². The molecule has 94 valence electrons. The molecule has 1 atom stereocenters. The summed E-state index contributed by atoms with van der Waals surface area (Å²) in [5, 5.41) is 0.161. The molecule has 0 bridgehead atoms. The minimum atomic E-state index is -0.354. The molecule has 1 heterocycles. The van der Waals surface area contributed by atoms with Crippen LogP contribution in [0.4, 0.5) is 4.39 Å². The van der Waals surface area contributed by atoms with Crippen LogP contribution in [0.15, 0.2) is 30.3 Å². The smallest absolute Gasteiger partial charge is 0.150 e. The maximum Gasteiger partial charge on any atom is 0.150 e. The fourth-order valence-electron chi connectivity index (χ4n) is 2.06.